The van der Waals surface area contributed by atoms with Crippen molar-refractivity contribution in [1.82, 2.24) is 15.6 Å². The van der Waals surface area contributed by atoms with Crippen LogP contribution in [0.1, 0.15) is 28.9 Å². The molecule has 1 atom stereocenters. The van der Waals surface area contributed by atoms with Crippen LogP contribution >= 0.6 is 11.6 Å². The number of amides is 3. The molecular weight excluding hydrogens is 346 g/mol. The molecule has 0 spiro atoms. The molecule has 0 unspecified atom stereocenters. The second kappa shape index (κ2) is 8.79. The summed E-state index contributed by atoms with van der Waals surface area (Å²) in [4.78, 5) is 40.1. The van der Waals surface area contributed by atoms with E-state index in [2.05, 4.69) is 15.6 Å². The van der Waals surface area contributed by atoms with Crippen molar-refractivity contribution in [1.29, 1.82) is 0 Å². The topological polar surface area (TPSA) is 97.4 Å². The lowest BCUT2D eigenvalue weighted by molar-refractivity contribution is -0.129. The number of pyridine rings is 1. The van der Waals surface area contributed by atoms with E-state index >= 15 is 0 Å². The molecule has 1 aromatic heterocycles. The monoisotopic (exact) mass is 361 g/mol. The number of ether oxygens (including phenoxy) is 1. The first-order valence-corrected chi connectivity index (χ1v) is 7.85. The molecule has 1 heterocycles. The maximum atomic E-state index is 12.4. The third-order valence-electron chi connectivity index (χ3n) is 3.12. The van der Waals surface area contributed by atoms with E-state index < -0.39 is 24.0 Å². The minimum absolute atomic E-state index is 0.0240. The summed E-state index contributed by atoms with van der Waals surface area (Å²) in [6, 6.07) is 10.6. The molecule has 1 aromatic carbocycles. The van der Waals surface area contributed by atoms with Gasteiger partial charge < -0.3 is 10.1 Å². The third-order valence-corrected chi connectivity index (χ3v) is 3.42. The van der Waals surface area contributed by atoms with Gasteiger partial charge in [-0.25, -0.2) is 14.6 Å². The smallest absolute Gasteiger partial charge is 0.342 e. The Bertz CT molecular complexity index is 767. The highest BCUT2D eigenvalue weighted by Gasteiger charge is 2.27. The molecule has 0 radical (unpaired) electrons. The van der Waals surface area contributed by atoms with Crippen LogP contribution in [0.4, 0.5) is 4.79 Å². The minimum atomic E-state index is -1.31. The van der Waals surface area contributed by atoms with Crippen LogP contribution in [-0.4, -0.2) is 29.4 Å². The lowest BCUT2D eigenvalue weighted by Crippen LogP contribution is -2.42. The van der Waals surface area contributed by atoms with Crippen molar-refractivity contribution in [3.05, 3.63) is 64.9 Å². The van der Waals surface area contributed by atoms with Gasteiger partial charge in [-0.15, -0.1) is 0 Å². The van der Waals surface area contributed by atoms with E-state index in [4.69, 9.17) is 16.3 Å². The van der Waals surface area contributed by atoms with Gasteiger partial charge in [-0.05, 0) is 19.1 Å². The predicted molar refractivity (Wildman–Crippen MR) is 91.1 cm³/mol. The van der Waals surface area contributed by atoms with Crippen molar-refractivity contribution < 1.29 is 19.1 Å². The number of benzene rings is 1. The van der Waals surface area contributed by atoms with Gasteiger partial charge in [-0.3, -0.25) is 10.1 Å². The summed E-state index contributed by atoms with van der Waals surface area (Å²) in [6.07, 6.45) is 0.114. The number of nitrogens with zero attached hydrogens (tertiary/aromatic N) is 1. The Morgan fingerprint density at radius 3 is 2.52 bits per heavy atom. The van der Waals surface area contributed by atoms with E-state index in [1.165, 1.54) is 18.3 Å². The van der Waals surface area contributed by atoms with Gasteiger partial charge in [0.1, 0.15) is 5.15 Å². The van der Waals surface area contributed by atoms with E-state index in [0.29, 0.717) is 12.1 Å². The number of hydrogen-bond donors (Lipinski definition) is 2. The molecule has 0 aliphatic rings. The molecule has 2 N–H and O–H groups in total. The molecule has 0 aliphatic heterocycles. The van der Waals surface area contributed by atoms with Crippen molar-refractivity contribution >= 4 is 29.5 Å². The maximum absolute atomic E-state index is 12.4. The molecule has 0 saturated heterocycles. The number of carbonyl (C=O) groups is 3. The molecule has 0 aliphatic carbocycles. The van der Waals surface area contributed by atoms with Gasteiger partial charge in [0, 0.05) is 18.3 Å². The van der Waals surface area contributed by atoms with Crippen LogP contribution in [0.5, 0.6) is 0 Å². The molecule has 0 fully saturated rings. The maximum Gasteiger partial charge on any atom is 0.342 e. The third kappa shape index (κ3) is 5.02. The summed E-state index contributed by atoms with van der Waals surface area (Å²) in [5.74, 6) is -1.59. The molecule has 0 saturated carbocycles. The quantitative estimate of drug-likeness (QED) is 0.629. The summed E-state index contributed by atoms with van der Waals surface area (Å²) in [5.41, 5.74) is 0.438. The first-order chi connectivity index (χ1) is 12.0. The highest BCUT2D eigenvalue weighted by atomic mass is 35.5. The lowest BCUT2D eigenvalue weighted by Gasteiger charge is -2.18. The first kappa shape index (κ1) is 18.4. The van der Waals surface area contributed by atoms with E-state index in [9.17, 15) is 14.4 Å². The molecule has 2 rings (SSSR count). The molecule has 25 heavy (non-hydrogen) atoms. The number of esters is 1. The Hall–Kier alpha value is -2.93. The van der Waals surface area contributed by atoms with Gasteiger partial charge in [0.15, 0.2) is 0 Å². The van der Waals surface area contributed by atoms with E-state index in [0.717, 1.165) is 0 Å². The van der Waals surface area contributed by atoms with Gasteiger partial charge in [-0.1, -0.05) is 41.9 Å². The Labute approximate surface area is 149 Å². The van der Waals surface area contributed by atoms with E-state index in [1.54, 1.807) is 37.3 Å². The molecular formula is C17H16ClN3O4. The highest BCUT2D eigenvalue weighted by Crippen LogP contribution is 2.21. The largest absolute Gasteiger partial charge is 0.444 e. The van der Waals surface area contributed by atoms with Crippen molar-refractivity contribution in [2.75, 3.05) is 6.54 Å². The lowest BCUT2D eigenvalue weighted by atomic mass is 10.1. The summed E-state index contributed by atoms with van der Waals surface area (Å²) in [5, 5.41) is 4.53. The molecule has 130 valence electrons. The number of halogens is 1. The predicted octanol–water partition coefficient (Wildman–Crippen LogP) is 2.48. The first-order valence-electron chi connectivity index (χ1n) is 7.48. The summed E-state index contributed by atoms with van der Waals surface area (Å²) >= 11 is 5.88. The van der Waals surface area contributed by atoms with Gasteiger partial charge >= 0.3 is 12.0 Å². The van der Waals surface area contributed by atoms with Crippen molar-refractivity contribution in [3.63, 3.8) is 0 Å². The van der Waals surface area contributed by atoms with Crippen LogP contribution in [0.25, 0.3) is 0 Å². The number of hydrogen-bond acceptors (Lipinski definition) is 5. The normalized spacial score (nSPS) is 11.3. The summed E-state index contributed by atoms with van der Waals surface area (Å²) in [7, 11) is 0. The molecule has 3 amide bonds. The van der Waals surface area contributed by atoms with E-state index in [-0.39, 0.29) is 10.7 Å². The fraction of sp³-hybridized carbons (Fsp3) is 0.176. The zero-order chi connectivity index (χ0) is 18.2. The van der Waals surface area contributed by atoms with Crippen LogP contribution in [0.3, 0.4) is 0 Å². The number of carbonyl (C=O) groups excluding carboxylic acids is 3. The zero-order valence-corrected chi connectivity index (χ0v) is 14.1. The average Bonchev–Trinajstić information content (AvgIpc) is 2.60. The summed E-state index contributed by atoms with van der Waals surface area (Å²) < 4.78 is 5.29. The number of urea groups is 1. The minimum Gasteiger partial charge on any atom is -0.444 e. The number of aromatic nitrogens is 1. The number of nitrogens with one attached hydrogen (secondary N) is 2. The highest BCUT2D eigenvalue weighted by molar-refractivity contribution is 6.32. The fourth-order valence-corrected chi connectivity index (χ4v) is 2.19. The van der Waals surface area contributed by atoms with Crippen molar-refractivity contribution in [3.8, 4) is 0 Å². The second-order valence-corrected chi connectivity index (χ2v) is 5.24. The van der Waals surface area contributed by atoms with Crippen molar-refractivity contribution in [2.45, 2.75) is 13.0 Å². The standard InChI is InChI=1S/C17H16ClN3O4/c1-2-19-17(24)21-15(22)13(11-7-4-3-5-8-11)25-16(23)12-9-6-10-20-14(12)18/h3-10,13H,2H2,1H3,(H2,19,21,22,24)/t13-/m1/s1. The van der Waals surface area contributed by atoms with Gasteiger partial charge in [0.05, 0.1) is 5.56 Å². The van der Waals surface area contributed by atoms with E-state index in [1.807, 2.05) is 0 Å². The molecule has 2 aromatic rings. The van der Waals surface area contributed by atoms with Crippen LogP contribution in [-0.2, 0) is 9.53 Å². The number of rotatable bonds is 5. The van der Waals surface area contributed by atoms with Crippen molar-refractivity contribution in [2.24, 2.45) is 0 Å². The Kier molecular flexibility index (Phi) is 6.47. The molecule has 0 bridgehead atoms. The summed E-state index contributed by atoms with van der Waals surface area (Å²) in [6.45, 7) is 2.06. The average molecular weight is 362 g/mol. The molecule has 7 nitrogen and oxygen atoms in total. The van der Waals surface area contributed by atoms with Gasteiger partial charge in [0.25, 0.3) is 5.91 Å². The Morgan fingerprint density at radius 1 is 1.16 bits per heavy atom. The van der Waals surface area contributed by atoms with Crippen LogP contribution in [0, 0.1) is 0 Å². The number of imide groups is 1. The van der Waals surface area contributed by atoms with Crippen LogP contribution < -0.4 is 10.6 Å². The Morgan fingerprint density at radius 2 is 1.88 bits per heavy atom. The second-order valence-electron chi connectivity index (χ2n) is 4.89. The molecule has 8 heteroatoms. The van der Waals surface area contributed by atoms with Gasteiger partial charge in [0.2, 0.25) is 6.10 Å². The zero-order valence-electron chi connectivity index (χ0n) is 13.4. The SMILES string of the molecule is CCNC(=O)NC(=O)[C@H](OC(=O)c1cccnc1Cl)c1ccccc1. The Balaban J connectivity index is 2.23. The van der Waals surface area contributed by atoms with Gasteiger partial charge in [-0.2, -0.15) is 0 Å². The van der Waals surface area contributed by atoms with Crippen LogP contribution in [0.15, 0.2) is 48.7 Å². The van der Waals surface area contributed by atoms with Crippen LogP contribution in [0.2, 0.25) is 5.15 Å². The fourth-order valence-electron chi connectivity index (χ4n) is 1.99.